The van der Waals surface area contributed by atoms with Crippen molar-refractivity contribution in [2.24, 2.45) is 0 Å². The first-order valence-corrected chi connectivity index (χ1v) is 9.44. The molecule has 5 nitrogen and oxygen atoms in total. The van der Waals surface area contributed by atoms with E-state index in [4.69, 9.17) is 0 Å². The third kappa shape index (κ3) is 6.20. The lowest BCUT2D eigenvalue weighted by molar-refractivity contribution is -0.137. The minimum atomic E-state index is -4.41. The van der Waals surface area contributed by atoms with Gasteiger partial charge in [-0.1, -0.05) is 24.3 Å². The Morgan fingerprint density at radius 1 is 0.933 bits per heavy atom. The van der Waals surface area contributed by atoms with Crippen LogP contribution in [0.25, 0.3) is 0 Å². The number of halogens is 4. The summed E-state index contributed by atoms with van der Waals surface area (Å²) in [5.74, 6) is -0.684. The molecule has 2 aromatic carbocycles. The molecular formula is C21H21F4N3O2. The zero-order valence-corrected chi connectivity index (χ0v) is 16.0. The maximum Gasteiger partial charge on any atom is 0.416 e. The fourth-order valence-corrected chi connectivity index (χ4v) is 2.91. The minimum absolute atomic E-state index is 0.0314. The summed E-state index contributed by atoms with van der Waals surface area (Å²) in [5, 5.41) is 5.06. The zero-order valence-electron chi connectivity index (χ0n) is 16.0. The van der Waals surface area contributed by atoms with E-state index in [1.165, 1.54) is 24.3 Å². The van der Waals surface area contributed by atoms with Gasteiger partial charge in [0, 0.05) is 19.1 Å². The van der Waals surface area contributed by atoms with Crippen LogP contribution < -0.4 is 10.6 Å². The number of benzene rings is 2. The molecule has 1 aliphatic carbocycles. The van der Waals surface area contributed by atoms with E-state index in [1.54, 1.807) is 17.0 Å². The second kappa shape index (κ2) is 9.15. The number of hydrogen-bond donors (Lipinski definition) is 2. The molecule has 0 radical (unpaired) electrons. The summed E-state index contributed by atoms with van der Waals surface area (Å²) in [5.41, 5.74) is 0.554. The summed E-state index contributed by atoms with van der Waals surface area (Å²) < 4.78 is 50.9. The Labute approximate surface area is 171 Å². The van der Waals surface area contributed by atoms with Gasteiger partial charge in [0.15, 0.2) is 0 Å². The van der Waals surface area contributed by atoms with E-state index >= 15 is 0 Å². The number of amides is 3. The molecule has 2 aromatic rings. The van der Waals surface area contributed by atoms with Crippen LogP contribution in [0.15, 0.2) is 48.5 Å². The third-order valence-electron chi connectivity index (χ3n) is 4.71. The number of rotatable bonds is 7. The SMILES string of the molecule is O=C(NCC(=O)N(Cc1ccc(C(F)(F)F)cc1)C1CC1)NCc1ccc(F)cc1. The summed E-state index contributed by atoms with van der Waals surface area (Å²) >= 11 is 0. The second-order valence-electron chi connectivity index (χ2n) is 7.11. The van der Waals surface area contributed by atoms with Crippen LogP contribution in [0.4, 0.5) is 22.4 Å². The third-order valence-corrected chi connectivity index (χ3v) is 4.71. The average Bonchev–Trinajstić information content (AvgIpc) is 3.54. The van der Waals surface area contributed by atoms with Crippen LogP contribution in [0.1, 0.15) is 29.5 Å². The summed E-state index contributed by atoms with van der Waals surface area (Å²) in [4.78, 5) is 26.0. The number of carbonyl (C=O) groups excluding carboxylic acids is 2. The lowest BCUT2D eigenvalue weighted by Crippen LogP contribution is -2.44. The highest BCUT2D eigenvalue weighted by Gasteiger charge is 2.33. The predicted molar refractivity (Wildman–Crippen MR) is 102 cm³/mol. The number of urea groups is 1. The monoisotopic (exact) mass is 423 g/mol. The molecule has 0 unspecified atom stereocenters. The van der Waals surface area contributed by atoms with Crippen molar-refractivity contribution in [2.75, 3.05) is 6.54 Å². The van der Waals surface area contributed by atoms with Gasteiger partial charge in [-0.25, -0.2) is 9.18 Å². The topological polar surface area (TPSA) is 61.4 Å². The maximum atomic E-state index is 12.9. The van der Waals surface area contributed by atoms with Gasteiger partial charge in [0.2, 0.25) is 5.91 Å². The van der Waals surface area contributed by atoms with Gasteiger partial charge < -0.3 is 15.5 Å². The number of nitrogens with zero attached hydrogens (tertiary/aromatic N) is 1. The lowest BCUT2D eigenvalue weighted by atomic mass is 10.1. The van der Waals surface area contributed by atoms with Crippen LogP contribution in [-0.2, 0) is 24.1 Å². The highest BCUT2D eigenvalue weighted by atomic mass is 19.4. The molecule has 1 saturated carbocycles. The van der Waals surface area contributed by atoms with Gasteiger partial charge in [0.1, 0.15) is 5.82 Å². The Kier molecular flexibility index (Phi) is 6.59. The van der Waals surface area contributed by atoms with Crippen molar-refractivity contribution >= 4 is 11.9 Å². The first-order valence-electron chi connectivity index (χ1n) is 9.44. The first kappa shape index (κ1) is 21.6. The molecule has 0 atom stereocenters. The van der Waals surface area contributed by atoms with Crippen LogP contribution in [0.3, 0.4) is 0 Å². The molecule has 1 aliphatic rings. The molecule has 0 heterocycles. The standard InChI is InChI=1S/C21H21F4N3O2/c22-17-7-3-14(4-8-17)11-26-20(30)27-12-19(29)28(18-9-10-18)13-15-1-5-16(6-2-15)21(23,24)25/h1-8,18H,9-13H2,(H2,26,27,30). The van der Waals surface area contributed by atoms with Crippen molar-refractivity contribution in [1.82, 2.24) is 15.5 Å². The number of carbonyl (C=O) groups is 2. The van der Waals surface area contributed by atoms with Gasteiger partial charge in [-0.2, -0.15) is 13.2 Å². The Morgan fingerprint density at radius 2 is 1.53 bits per heavy atom. The van der Waals surface area contributed by atoms with E-state index in [0.717, 1.165) is 25.0 Å². The van der Waals surface area contributed by atoms with Crippen molar-refractivity contribution in [3.8, 4) is 0 Å². The molecule has 160 valence electrons. The molecule has 0 saturated heterocycles. The fraction of sp³-hybridized carbons (Fsp3) is 0.333. The molecule has 30 heavy (non-hydrogen) atoms. The van der Waals surface area contributed by atoms with Crippen LogP contribution in [-0.4, -0.2) is 29.4 Å². The molecule has 9 heteroatoms. The number of hydrogen-bond acceptors (Lipinski definition) is 2. The van der Waals surface area contributed by atoms with E-state index in [9.17, 15) is 27.2 Å². The largest absolute Gasteiger partial charge is 0.416 e. The van der Waals surface area contributed by atoms with E-state index in [2.05, 4.69) is 10.6 Å². The van der Waals surface area contributed by atoms with Gasteiger partial charge in [0.25, 0.3) is 0 Å². The van der Waals surface area contributed by atoms with Gasteiger partial charge in [-0.3, -0.25) is 4.79 Å². The highest BCUT2D eigenvalue weighted by molar-refractivity contribution is 5.84. The molecule has 1 fully saturated rings. The quantitative estimate of drug-likeness (QED) is 0.665. The second-order valence-corrected chi connectivity index (χ2v) is 7.11. The Bertz CT molecular complexity index is 879. The number of alkyl halides is 3. The molecule has 3 rings (SSSR count). The smallest absolute Gasteiger partial charge is 0.334 e. The molecule has 3 amide bonds. The van der Waals surface area contributed by atoms with E-state index < -0.39 is 17.8 Å². The minimum Gasteiger partial charge on any atom is -0.334 e. The predicted octanol–water partition coefficient (Wildman–Crippen LogP) is 3.83. The normalized spacial score (nSPS) is 13.6. The molecule has 0 bridgehead atoms. The summed E-state index contributed by atoms with van der Waals surface area (Å²) in [6, 6.07) is 9.84. The molecule has 0 aromatic heterocycles. The lowest BCUT2D eigenvalue weighted by Gasteiger charge is -2.23. The van der Waals surface area contributed by atoms with E-state index in [0.29, 0.717) is 11.1 Å². The van der Waals surface area contributed by atoms with Crippen LogP contribution >= 0.6 is 0 Å². The van der Waals surface area contributed by atoms with Crippen LogP contribution in [0.2, 0.25) is 0 Å². The number of nitrogens with one attached hydrogen (secondary N) is 2. The molecular weight excluding hydrogens is 402 g/mol. The van der Waals surface area contributed by atoms with Gasteiger partial charge in [-0.05, 0) is 48.2 Å². The van der Waals surface area contributed by atoms with Gasteiger partial charge >= 0.3 is 12.2 Å². The molecule has 0 spiro atoms. The fourth-order valence-electron chi connectivity index (χ4n) is 2.91. The van der Waals surface area contributed by atoms with Crippen molar-refractivity contribution in [3.63, 3.8) is 0 Å². The Hall–Kier alpha value is -3.10. The van der Waals surface area contributed by atoms with Crippen molar-refractivity contribution in [2.45, 2.75) is 38.1 Å². The van der Waals surface area contributed by atoms with Crippen molar-refractivity contribution in [1.29, 1.82) is 0 Å². The van der Waals surface area contributed by atoms with Crippen molar-refractivity contribution < 1.29 is 27.2 Å². The maximum absolute atomic E-state index is 12.9. The summed E-state index contributed by atoms with van der Waals surface area (Å²) in [6.45, 7) is 0.130. The summed E-state index contributed by atoms with van der Waals surface area (Å²) in [7, 11) is 0. The van der Waals surface area contributed by atoms with E-state index in [-0.39, 0.29) is 37.4 Å². The average molecular weight is 423 g/mol. The highest BCUT2D eigenvalue weighted by Crippen LogP contribution is 2.31. The Morgan fingerprint density at radius 3 is 2.10 bits per heavy atom. The first-order chi connectivity index (χ1) is 14.2. The van der Waals surface area contributed by atoms with Gasteiger partial charge in [-0.15, -0.1) is 0 Å². The zero-order chi connectivity index (χ0) is 21.7. The van der Waals surface area contributed by atoms with Gasteiger partial charge in [0.05, 0.1) is 12.1 Å². The van der Waals surface area contributed by atoms with Crippen molar-refractivity contribution in [3.05, 3.63) is 71.0 Å². The van der Waals surface area contributed by atoms with E-state index in [1.807, 2.05) is 0 Å². The summed E-state index contributed by atoms with van der Waals surface area (Å²) in [6.07, 6.45) is -2.76. The molecule has 2 N–H and O–H groups in total. The van der Waals surface area contributed by atoms with Crippen LogP contribution in [0.5, 0.6) is 0 Å². The van der Waals surface area contributed by atoms with Crippen LogP contribution in [0, 0.1) is 5.82 Å². The Balaban J connectivity index is 1.49. The molecule has 0 aliphatic heterocycles.